The fourth-order valence-corrected chi connectivity index (χ4v) is 9.46. The Morgan fingerprint density at radius 1 is 0.638 bits per heavy atom. The summed E-state index contributed by atoms with van der Waals surface area (Å²) < 4.78 is 2.49. The standard InChI is InChI=1S/C42H27N3S2/c1-2-12-27(13-3-1)40-32-17-6-7-18-34(32)43-42(44-40)28-14-10-15-29(23-28)45-35-25-39-38(46-36-19-8-9-20-37(36)47-39)24-33(35)31-22-21-26-11-4-5-16-30(26)41(31)45/h1-20,22-26H,21H2. The van der Waals surface area contributed by atoms with Crippen molar-refractivity contribution in [2.75, 3.05) is 0 Å². The van der Waals surface area contributed by atoms with E-state index in [-0.39, 0.29) is 0 Å². The first-order valence-electron chi connectivity index (χ1n) is 15.9. The van der Waals surface area contributed by atoms with Gasteiger partial charge in [-0.15, -0.1) is 0 Å². The van der Waals surface area contributed by atoms with Gasteiger partial charge in [-0.2, -0.15) is 0 Å². The first-order valence-corrected chi connectivity index (χ1v) is 17.6. The minimum absolute atomic E-state index is 0.374. The number of nitrogens with zero attached hydrogens (tertiary/aromatic N) is 3. The molecular weight excluding hydrogens is 611 g/mol. The molecule has 1 unspecified atom stereocenters. The smallest absolute Gasteiger partial charge is 0.160 e. The van der Waals surface area contributed by atoms with Crippen LogP contribution in [0.2, 0.25) is 0 Å². The summed E-state index contributed by atoms with van der Waals surface area (Å²) in [5.74, 6) is 1.10. The van der Waals surface area contributed by atoms with Crippen molar-refractivity contribution in [2.45, 2.75) is 26.0 Å². The van der Waals surface area contributed by atoms with E-state index in [9.17, 15) is 0 Å². The number of aromatic nitrogens is 3. The number of para-hydroxylation sites is 1. The average molecular weight is 638 g/mol. The fourth-order valence-electron chi connectivity index (χ4n) is 7.19. The van der Waals surface area contributed by atoms with Crippen molar-refractivity contribution in [1.82, 2.24) is 14.5 Å². The zero-order chi connectivity index (χ0) is 30.9. The highest BCUT2D eigenvalue weighted by atomic mass is 32.2. The zero-order valence-corrected chi connectivity index (χ0v) is 26.9. The third-order valence-corrected chi connectivity index (χ3v) is 11.9. The molecule has 0 amide bonds. The van der Waals surface area contributed by atoms with Crippen molar-refractivity contribution in [3.63, 3.8) is 0 Å². The molecule has 3 nitrogen and oxygen atoms in total. The molecule has 3 heterocycles. The second-order valence-electron chi connectivity index (χ2n) is 12.1. The Morgan fingerprint density at radius 3 is 2.28 bits per heavy atom. The third-order valence-electron chi connectivity index (χ3n) is 9.35. The van der Waals surface area contributed by atoms with Crippen LogP contribution in [0.4, 0.5) is 0 Å². The second kappa shape index (κ2) is 10.7. The minimum Gasteiger partial charge on any atom is -0.309 e. The molecule has 0 saturated carbocycles. The number of hydrogen-bond donors (Lipinski definition) is 0. The predicted molar refractivity (Wildman–Crippen MR) is 195 cm³/mol. The summed E-state index contributed by atoms with van der Waals surface area (Å²) in [6.45, 7) is 0. The number of fused-ring (bicyclic) bond motifs is 7. The molecule has 0 N–H and O–H groups in total. The Morgan fingerprint density at radius 2 is 1.40 bits per heavy atom. The second-order valence-corrected chi connectivity index (χ2v) is 14.3. The molecule has 1 atom stereocenters. The quantitative estimate of drug-likeness (QED) is 0.193. The zero-order valence-electron chi connectivity index (χ0n) is 25.3. The Kier molecular flexibility index (Phi) is 6.18. The molecule has 222 valence electrons. The molecule has 1 aliphatic heterocycles. The average Bonchev–Trinajstić information content (AvgIpc) is 3.46. The first-order chi connectivity index (χ1) is 23.3. The van der Waals surface area contributed by atoms with E-state index in [1.165, 1.54) is 46.6 Å². The van der Waals surface area contributed by atoms with E-state index in [2.05, 4.69) is 138 Å². The molecule has 0 fully saturated rings. The van der Waals surface area contributed by atoms with Gasteiger partial charge in [0.05, 0.1) is 22.1 Å². The van der Waals surface area contributed by atoms with Crippen LogP contribution in [0.1, 0.15) is 6.42 Å². The molecule has 2 aromatic heterocycles. The summed E-state index contributed by atoms with van der Waals surface area (Å²) in [5.41, 5.74) is 7.71. The fraction of sp³-hybridized carbons (Fsp3) is 0.0476. The van der Waals surface area contributed by atoms with Crippen molar-refractivity contribution in [2.24, 2.45) is 5.92 Å². The molecule has 0 bridgehead atoms. The Bertz CT molecular complexity index is 2610. The lowest BCUT2D eigenvalue weighted by Crippen LogP contribution is -2.35. The monoisotopic (exact) mass is 637 g/mol. The normalized spacial score (nSPS) is 16.0. The van der Waals surface area contributed by atoms with Gasteiger partial charge in [0.25, 0.3) is 0 Å². The van der Waals surface area contributed by atoms with E-state index in [0.717, 1.165) is 45.7 Å². The van der Waals surface area contributed by atoms with E-state index < -0.39 is 0 Å². The Hall–Kier alpha value is -5.10. The van der Waals surface area contributed by atoms with Gasteiger partial charge in [-0.25, -0.2) is 9.97 Å². The molecule has 10 rings (SSSR count). The predicted octanol–water partition coefficient (Wildman–Crippen LogP) is 9.60. The molecule has 0 spiro atoms. The lowest BCUT2D eigenvalue weighted by molar-refractivity contribution is 0.848. The van der Waals surface area contributed by atoms with Gasteiger partial charge >= 0.3 is 0 Å². The summed E-state index contributed by atoms with van der Waals surface area (Å²) >= 11 is 3.76. The minimum atomic E-state index is 0.374. The van der Waals surface area contributed by atoms with Gasteiger partial charge in [-0.05, 0) is 54.5 Å². The Balaban J connectivity index is 1.22. The molecule has 2 aliphatic carbocycles. The van der Waals surface area contributed by atoms with Crippen LogP contribution in [0, 0.1) is 5.92 Å². The lowest BCUT2D eigenvalue weighted by atomic mass is 9.87. The van der Waals surface area contributed by atoms with Gasteiger partial charge in [0, 0.05) is 58.3 Å². The van der Waals surface area contributed by atoms with Crippen LogP contribution in [0.5, 0.6) is 0 Å². The van der Waals surface area contributed by atoms with Gasteiger partial charge in [0.2, 0.25) is 0 Å². The maximum absolute atomic E-state index is 5.20. The van der Waals surface area contributed by atoms with Gasteiger partial charge in [-0.3, -0.25) is 0 Å². The number of benzene rings is 5. The van der Waals surface area contributed by atoms with E-state index >= 15 is 0 Å². The summed E-state index contributed by atoms with van der Waals surface area (Å²) in [6.07, 6.45) is 12.5. The van der Waals surface area contributed by atoms with Crippen molar-refractivity contribution >= 4 is 57.0 Å². The van der Waals surface area contributed by atoms with Crippen LogP contribution >= 0.6 is 23.5 Å². The highest BCUT2D eigenvalue weighted by Crippen LogP contribution is 2.49. The number of rotatable bonds is 3. The van der Waals surface area contributed by atoms with E-state index in [0.29, 0.717) is 5.92 Å². The molecule has 5 heteroatoms. The molecule has 0 saturated heterocycles. The lowest BCUT2D eigenvalue weighted by Gasteiger charge is -2.20. The topological polar surface area (TPSA) is 30.7 Å². The third kappa shape index (κ3) is 4.38. The van der Waals surface area contributed by atoms with Crippen molar-refractivity contribution in [1.29, 1.82) is 0 Å². The van der Waals surface area contributed by atoms with E-state index in [1.807, 2.05) is 35.7 Å². The number of hydrogen-bond acceptors (Lipinski definition) is 4. The van der Waals surface area contributed by atoms with Crippen LogP contribution in [0.3, 0.4) is 0 Å². The van der Waals surface area contributed by atoms with Crippen LogP contribution < -0.4 is 10.6 Å². The van der Waals surface area contributed by atoms with E-state index in [4.69, 9.17) is 9.97 Å². The molecule has 5 aromatic carbocycles. The summed E-state index contributed by atoms with van der Waals surface area (Å²) in [4.78, 5) is 15.6. The number of allylic oxidation sites excluding steroid dienone is 4. The summed E-state index contributed by atoms with van der Waals surface area (Å²) in [7, 11) is 0. The van der Waals surface area contributed by atoms with Gasteiger partial charge in [-0.1, -0.05) is 127 Å². The maximum atomic E-state index is 5.20. The van der Waals surface area contributed by atoms with Gasteiger partial charge in [0.15, 0.2) is 5.82 Å². The maximum Gasteiger partial charge on any atom is 0.160 e. The van der Waals surface area contributed by atoms with Crippen LogP contribution in [0.25, 0.3) is 61.8 Å². The van der Waals surface area contributed by atoms with Gasteiger partial charge in [0.1, 0.15) is 0 Å². The first kappa shape index (κ1) is 27.1. The van der Waals surface area contributed by atoms with Crippen LogP contribution in [0.15, 0.2) is 159 Å². The van der Waals surface area contributed by atoms with E-state index in [1.54, 1.807) is 0 Å². The van der Waals surface area contributed by atoms with Crippen molar-refractivity contribution in [3.05, 3.63) is 150 Å². The molecule has 7 aromatic rings. The molecular formula is C42H27N3S2. The summed E-state index contributed by atoms with van der Waals surface area (Å²) in [6, 6.07) is 41.1. The van der Waals surface area contributed by atoms with Crippen molar-refractivity contribution < 1.29 is 0 Å². The largest absolute Gasteiger partial charge is 0.309 e. The SMILES string of the molecule is C1=CC2=c3c(c4cc5c(cc4n3-c3cccc(-c4nc(-c6ccccc6)c6ccccc6n4)c3)Sc3ccccc3S5)=CCC2C=C1. The van der Waals surface area contributed by atoms with Crippen molar-refractivity contribution in [3.8, 4) is 28.3 Å². The summed E-state index contributed by atoms with van der Waals surface area (Å²) in [5, 5.41) is 4.98. The Labute approximate surface area is 280 Å². The highest BCUT2D eigenvalue weighted by molar-refractivity contribution is 8.05. The van der Waals surface area contributed by atoms with Gasteiger partial charge < -0.3 is 4.57 Å². The highest BCUT2D eigenvalue weighted by Gasteiger charge is 2.24. The van der Waals surface area contributed by atoms with Crippen LogP contribution in [-0.2, 0) is 0 Å². The molecule has 0 radical (unpaired) electrons. The van der Waals surface area contributed by atoms with Crippen LogP contribution in [-0.4, -0.2) is 14.5 Å². The molecule has 47 heavy (non-hydrogen) atoms. The molecule has 3 aliphatic rings.